The number of thioether (sulfide) groups is 1. The zero-order valence-electron chi connectivity index (χ0n) is 9.94. The van der Waals surface area contributed by atoms with Gasteiger partial charge in [-0.25, -0.2) is 4.79 Å². The van der Waals surface area contributed by atoms with E-state index in [0.717, 1.165) is 12.3 Å². The molecular weight excluding hydrogens is 234 g/mol. The van der Waals surface area contributed by atoms with Crippen molar-refractivity contribution >= 4 is 17.7 Å². The van der Waals surface area contributed by atoms with E-state index in [9.17, 15) is 4.79 Å². The lowest BCUT2D eigenvalue weighted by Crippen LogP contribution is -2.23. The molecule has 92 valence electrons. The number of ether oxygens (including phenoxy) is 1. The summed E-state index contributed by atoms with van der Waals surface area (Å²) >= 11 is 1.83. The van der Waals surface area contributed by atoms with Crippen molar-refractivity contribution in [2.45, 2.75) is 23.8 Å². The van der Waals surface area contributed by atoms with Crippen LogP contribution in [0.15, 0.2) is 29.2 Å². The Morgan fingerprint density at radius 3 is 2.82 bits per heavy atom. The molecule has 0 saturated carbocycles. The summed E-state index contributed by atoms with van der Waals surface area (Å²) in [5, 5.41) is 3.47. The first-order chi connectivity index (χ1) is 8.29. The largest absolute Gasteiger partial charge is 0.465 e. The van der Waals surface area contributed by atoms with Gasteiger partial charge in [0.2, 0.25) is 0 Å². The van der Waals surface area contributed by atoms with Gasteiger partial charge in [0.25, 0.3) is 0 Å². The van der Waals surface area contributed by atoms with Gasteiger partial charge in [-0.15, -0.1) is 11.8 Å². The summed E-state index contributed by atoms with van der Waals surface area (Å²) < 4.78 is 4.66. The first-order valence-electron chi connectivity index (χ1n) is 5.84. The molecule has 1 aromatic rings. The van der Waals surface area contributed by atoms with Gasteiger partial charge in [-0.1, -0.05) is 0 Å². The third-order valence-corrected chi connectivity index (χ3v) is 4.06. The van der Waals surface area contributed by atoms with Gasteiger partial charge in [-0.2, -0.15) is 0 Å². The Bertz CT molecular complexity index is 372. The second-order valence-corrected chi connectivity index (χ2v) is 5.21. The van der Waals surface area contributed by atoms with E-state index in [1.54, 1.807) is 0 Å². The maximum Gasteiger partial charge on any atom is 0.337 e. The number of hydrogen-bond donors (Lipinski definition) is 1. The van der Waals surface area contributed by atoms with Crippen LogP contribution in [0.2, 0.25) is 0 Å². The number of rotatable bonds is 4. The van der Waals surface area contributed by atoms with Crippen molar-refractivity contribution < 1.29 is 9.53 Å². The maximum absolute atomic E-state index is 11.3. The van der Waals surface area contributed by atoms with Crippen molar-refractivity contribution in [2.75, 3.05) is 19.4 Å². The Hall–Kier alpha value is -1.00. The average Bonchev–Trinajstić information content (AvgIpc) is 2.89. The van der Waals surface area contributed by atoms with Crippen LogP contribution >= 0.6 is 11.8 Å². The molecule has 0 aliphatic carbocycles. The topological polar surface area (TPSA) is 38.3 Å². The molecular formula is C13H17NO2S. The third kappa shape index (κ3) is 3.48. The number of hydrogen-bond acceptors (Lipinski definition) is 4. The fourth-order valence-electron chi connectivity index (χ4n) is 1.90. The first-order valence-corrected chi connectivity index (χ1v) is 6.82. The van der Waals surface area contributed by atoms with E-state index < -0.39 is 0 Å². The van der Waals surface area contributed by atoms with Crippen LogP contribution in [0.3, 0.4) is 0 Å². The first kappa shape index (κ1) is 12.5. The van der Waals surface area contributed by atoms with E-state index in [0.29, 0.717) is 11.6 Å². The molecule has 1 fully saturated rings. The van der Waals surface area contributed by atoms with Crippen molar-refractivity contribution in [1.29, 1.82) is 0 Å². The molecule has 1 unspecified atom stereocenters. The fourth-order valence-corrected chi connectivity index (χ4v) is 2.91. The van der Waals surface area contributed by atoms with E-state index in [1.165, 1.54) is 24.8 Å². The second kappa shape index (κ2) is 6.07. The molecule has 0 aromatic heterocycles. The van der Waals surface area contributed by atoms with Gasteiger partial charge >= 0.3 is 5.97 Å². The van der Waals surface area contributed by atoms with Gasteiger partial charge in [0.1, 0.15) is 0 Å². The zero-order chi connectivity index (χ0) is 12.1. The van der Waals surface area contributed by atoms with Crippen LogP contribution in [0.25, 0.3) is 0 Å². The summed E-state index contributed by atoms with van der Waals surface area (Å²) in [4.78, 5) is 12.5. The Balaban J connectivity index is 1.87. The van der Waals surface area contributed by atoms with Crippen molar-refractivity contribution in [3.8, 4) is 0 Å². The molecule has 1 atom stereocenters. The van der Waals surface area contributed by atoms with Crippen LogP contribution in [-0.4, -0.2) is 31.4 Å². The van der Waals surface area contributed by atoms with E-state index in [2.05, 4.69) is 10.1 Å². The summed E-state index contributed by atoms with van der Waals surface area (Å²) in [6, 6.07) is 8.23. The maximum atomic E-state index is 11.3. The lowest BCUT2D eigenvalue weighted by molar-refractivity contribution is 0.0600. The summed E-state index contributed by atoms with van der Waals surface area (Å²) in [6.07, 6.45) is 2.56. The normalized spacial score (nSPS) is 19.2. The zero-order valence-corrected chi connectivity index (χ0v) is 10.8. The van der Waals surface area contributed by atoms with E-state index in [4.69, 9.17) is 0 Å². The number of benzene rings is 1. The molecule has 0 radical (unpaired) electrons. The van der Waals surface area contributed by atoms with Crippen LogP contribution in [-0.2, 0) is 4.74 Å². The van der Waals surface area contributed by atoms with Crippen molar-refractivity contribution in [3.05, 3.63) is 29.8 Å². The van der Waals surface area contributed by atoms with Gasteiger partial charge in [0.05, 0.1) is 12.7 Å². The molecule has 0 amide bonds. The van der Waals surface area contributed by atoms with Crippen LogP contribution < -0.4 is 5.32 Å². The summed E-state index contributed by atoms with van der Waals surface area (Å²) in [7, 11) is 1.40. The van der Waals surface area contributed by atoms with Crippen molar-refractivity contribution in [3.63, 3.8) is 0 Å². The van der Waals surface area contributed by atoms with Crippen LogP contribution in [0.1, 0.15) is 23.2 Å². The molecule has 1 aliphatic heterocycles. The molecule has 1 saturated heterocycles. The molecule has 1 aliphatic rings. The average molecular weight is 251 g/mol. The number of methoxy groups -OCH3 is 1. The van der Waals surface area contributed by atoms with E-state index >= 15 is 0 Å². The van der Waals surface area contributed by atoms with Gasteiger partial charge in [-0.05, 0) is 43.7 Å². The summed E-state index contributed by atoms with van der Waals surface area (Å²) in [6.45, 7) is 1.15. The van der Waals surface area contributed by atoms with E-state index in [1.807, 2.05) is 36.0 Å². The molecule has 1 aromatic carbocycles. The van der Waals surface area contributed by atoms with Gasteiger partial charge in [-0.3, -0.25) is 0 Å². The van der Waals surface area contributed by atoms with Crippen LogP contribution in [0.4, 0.5) is 0 Å². The highest BCUT2D eigenvalue weighted by Gasteiger charge is 2.14. The standard InChI is InChI=1S/C13H17NO2S/c1-16-13(15)10-4-6-12(7-5-10)17-9-11-3-2-8-14-11/h4-7,11,14H,2-3,8-9H2,1H3. The quantitative estimate of drug-likeness (QED) is 0.658. The minimum Gasteiger partial charge on any atom is -0.465 e. The van der Waals surface area contributed by atoms with E-state index in [-0.39, 0.29) is 5.97 Å². The molecule has 0 bridgehead atoms. The van der Waals surface area contributed by atoms with Crippen molar-refractivity contribution in [1.82, 2.24) is 5.32 Å². The predicted molar refractivity (Wildman–Crippen MR) is 69.5 cm³/mol. The fraction of sp³-hybridized carbons (Fsp3) is 0.462. The van der Waals surface area contributed by atoms with Gasteiger partial charge in [0.15, 0.2) is 0 Å². The summed E-state index contributed by atoms with van der Waals surface area (Å²) in [5.74, 6) is 0.816. The second-order valence-electron chi connectivity index (χ2n) is 4.12. The van der Waals surface area contributed by atoms with Gasteiger partial charge < -0.3 is 10.1 Å². The lowest BCUT2D eigenvalue weighted by Gasteiger charge is -2.09. The Labute approximate surface area is 106 Å². The molecule has 0 spiro atoms. The highest BCUT2D eigenvalue weighted by molar-refractivity contribution is 7.99. The number of nitrogens with one attached hydrogen (secondary N) is 1. The highest BCUT2D eigenvalue weighted by Crippen LogP contribution is 2.21. The van der Waals surface area contributed by atoms with Crippen LogP contribution in [0, 0.1) is 0 Å². The minimum absolute atomic E-state index is 0.279. The number of carbonyl (C=O) groups excluding carboxylic acids is 1. The molecule has 17 heavy (non-hydrogen) atoms. The third-order valence-electron chi connectivity index (χ3n) is 2.89. The summed E-state index contributed by atoms with van der Waals surface area (Å²) in [5.41, 5.74) is 0.607. The highest BCUT2D eigenvalue weighted by atomic mass is 32.2. The lowest BCUT2D eigenvalue weighted by atomic mass is 10.2. The van der Waals surface area contributed by atoms with Crippen LogP contribution in [0.5, 0.6) is 0 Å². The molecule has 3 nitrogen and oxygen atoms in total. The SMILES string of the molecule is COC(=O)c1ccc(SCC2CCCN2)cc1. The monoisotopic (exact) mass is 251 g/mol. The Kier molecular flexibility index (Phi) is 4.45. The minimum atomic E-state index is -0.279. The number of esters is 1. The van der Waals surface area contributed by atoms with Gasteiger partial charge in [0, 0.05) is 16.7 Å². The molecule has 4 heteroatoms. The Morgan fingerprint density at radius 1 is 1.47 bits per heavy atom. The van der Waals surface area contributed by atoms with Crippen molar-refractivity contribution in [2.24, 2.45) is 0 Å². The predicted octanol–water partition coefficient (Wildman–Crippen LogP) is 2.32. The number of carbonyl (C=O) groups is 1. The Morgan fingerprint density at radius 2 is 2.24 bits per heavy atom. The smallest absolute Gasteiger partial charge is 0.337 e. The molecule has 2 rings (SSSR count). The molecule has 1 heterocycles. The molecule has 1 N–H and O–H groups in total.